The fourth-order valence-corrected chi connectivity index (χ4v) is 3.99. The van der Waals surface area contributed by atoms with Gasteiger partial charge < -0.3 is 14.7 Å². The molecule has 1 aromatic rings. The number of hydrogen-bond donors (Lipinski definition) is 1. The van der Waals surface area contributed by atoms with Crippen molar-refractivity contribution in [3.8, 4) is 5.88 Å². The van der Waals surface area contributed by atoms with Gasteiger partial charge in [0.05, 0.1) is 18.9 Å². The van der Waals surface area contributed by atoms with Crippen LogP contribution in [0.1, 0.15) is 51.4 Å². The molecule has 7 heteroatoms. The van der Waals surface area contributed by atoms with Crippen molar-refractivity contribution in [1.29, 1.82) is 0 Å². The Balaban J connectivity index is 1.58. The van der Waals surface area contributed by atoms with Crippen molar-refractivity contribution in [3.05, 3.63) is 12.4 Å². The van der Waals surface area contributed by atoms with Gasteiger partial charge in [-0.2, -0.15) is 4.98 Å². The lowest BCUT2D eigenvalue weighted by atomic mass is 9.98. The van der Waals surface area contributed by atoms with Crippen molar-refractivity contribution in [2.75, 3.05) is 31.6 Å². The van der Waals surface area contributed by atoms with E-state index in [9.17, 15) is 4.79 Å². The summed E-state index contributed by atoms with van der Waals surface area (Å²) in [4.78, 5) is 24.1. The van der Waals surface area contributed by atoms with Gasteiger partial charge in [-0.3, -0.25) is 14.7 Å². The second-order valence-corrected chi connectivity index (χ2v) is 7.47. The van der Waals surface area contributed by atoms with Crippen LogP contribution in [0, 0.1) is 0 Å². The van der Waals surface area contributed by atoms with Crippen molar-refractivity contribution >= 4 is 11.8 Å². The van der Waals surface area contributed by atoms with Crippen LogP contribution in [0.15, 0.2) is 12.4 Å². The monoisotopic (exact) mass is 362 g/mol. The third-order valence-electron chi connectivity index (χ3n) is 5.47. The first-order valence-corrected chi connectivity index (χ1v) is 9.77. The van der Waals surface area contributed by atoms with E-state index >= 15 is 0 Å². The summed E-state index contributed by atoms with van der Waals surface area (Å²) in [6.07, 6.45) is 12.7. The number of aromatic nitrogens is 2. The van der Waals surface area contributed by atoms with E-state index in [4.69, 9.17) is 9.84 Å². The zero-order valence-corrected chi connectivity index (χ0v) is 15.6. The van der Waals surface area contributed by atoms with Crippen LogP contribution < -0.4 is 9.64 Å². The number of carboxylic acids is 1. The Hall–Kier alpha value is -1.89. The van der Waals surface area contributed by atoms with Gasteiger partial charge >= 0.3 is 5.97 Å². The van der Waals surface area contributed by atoms with Crippen LogP contribution in [0.2, 0.25) is 0 Å². The molecule has 1 atom stereocenters. The standard InChI is InChI=1S/C19H30N4O3/c1-22(14-19(24)25)15-6-5-10-23(11-9-15)17-12-20-13-18(21-17)26-16-7-3-2-4-8-16/h12-13,15-16H,2-11,14H2,1H3,(H,24,25). The van der Waals surface area contributed by atoms with E-state index in [1.165, 1.54) is 19.3 Å². The van der Waals surface area contributed by atoms with E-state index < -0.39 is 5.97 Å². The van der Waals surface area contributed by atoms with Gasteiger partial charge in [0.1, 0.15) is 6.10 Å². The highest BCUT2D eigenvalue weighted by Crippen LogP contribution is 2.24. The molecule has 7 nitrogen and oxygen atoms in total. The van der Waals surface area contributed by atoms with Gasteiger partial charge in [0.25, 0.3) is 0 Å². The topological polar surface area (TPSA) is 78.8 Å². The molecule has 0 bridgehead atoms. The predicted octanol–water partition coefficient (Wildman–Crippen LogP) is 2.56. The maximum absolute atomic E-state index is 10.9. The van der Waals surface area contributed by atoms with Gasteiger partial charge in [-0.1, -0.05) is 6.42 Å². The molecule has 1 aromatic heterocycles. The van der Waals surface area contributed by atoms with E-state index in [1.807, 2.05) is 11.9 Å². The third-order valence-corrected chi connectivity index (χ3v) is 5.47. The van der Waals surface area contributed by atoms with Crippen LogP contribution in [0.4, 0.5) is 5.82 Å². The molecule has 26 heavy (non-hydrogen) atoms. The zero-order chi connectivity index (χ0) is 18.4. The summed E-state index contributed by atoms with van der Waals surface area (Å²) in [5, 5.41) is 9.00. The Kier molecular flexibility index (Phi) is 6.66. The van der Waals surface area contributed by atoms with E-state index in [0.29, 0.717) is 11.9 Å². The van der Waals surface area contributed by atoms with E-state index in [1.54, 1.807) is 12.4 Å². The Morgan fingerprint density at radius 1 is 1.19 bits per heavy atom. The molecule has 1 N–H and O–H groups in total. The van der Waals surface area contributed by atoms with Crippen molar-refractivity contribution in [1.82, 2.24) is 14.9 Å². The molecule has 1 saturated carbocycles. The van der Waals surface area contributed by atoms with Crippen molar-refractivity contribution < 1.29 is 14.6 Å². The highest BCUT2D eigenvalue weighted by Gasteiger charge is 2.23. The Bertz CT molecular complexity index is 592. The van der Waals surface area contributed by atoms with Gasteiger partial charge in [0.15, 0.2) is 5.82 Å². The lowest BCUT2D eigenvalue weighted by molar-refractivity contribution is -0.138. The summed E-state index contributed by atoms with van der Waals surface area (Å²) >= 11 is 0. The normalized spacial score (nSPS) is 22.2. The molecular formula is C19H30N4O3. The average Bonchev–Trinajstić information content (AvgIpc) is 2.88. The minimum absolute atomic E-state index is 0.0924. The molecule has 144 valence electrons. The summed E-state index contributed by atoms with van der Waals surface area (Å²) in [7, 11) is 1.90. The van der Waals surface area contributed by atoms with Crippen LogP contribution in [-0.4, -0.2) is 64.8 Å². The summed E-state index contributed by atoms with van der Waals surface area (Å²) in [6, 6.07) is 0.297. The number of aliphatic carboxylic acids is 1. The fourth-order valence-electron chi connectivity index (χ4n) is 3.99. The SMILES string of the molecule is CN(CC(=O)O)C1CCCN(c2cncc(OC3CCCCC3)n2)CC1. The number of rotatable bonds is 6. The van der Waals surface area contributed by atoms with Gasteiger partial charge in [0.2, 0.25) is 5.88 Å². The van der Waals surface area contributed by atoms with Crippen LogP contribution in [0.25, 0.3) is 0 Å². The summed E-state index contributed by atoms with van der Waals surface area (Å²) < 4.78 is 6.05. The average molecular weight is 362 g/mol. The van der Waals surface area contributed by atoms with Crippen molar-refractivity contribution in [3.63, 3.8) is 0 Å². The smallest absolute Gasteiger partial charge is 0.317 e. The van der Waals surface area contributed by atoms with Crippen LogP contribution in [0.5, 0.6) is 5.88 Å². The minimum atomic E-state index is -0.771. The van der Waals surface area contributed by atoms with Gasteiger partial charge in [-0.15, -0.1) is 0 Å². The van der Waals surface area contributed by atoms with E-state index in [2.05, 4.69) is 14.9 Å². The van der Waals surface area contributed by atoms with Gasteiger partial charge in [-0.05, 0) is 52.0 Å². The molecule has 0 spiro atoms. The van der Waals surface area contributed by atoms with Crippen LogP contribution in [-0.2, 0) is 4.79 Å². The zero-order valence-electron chi connectivity index (χ0n) is 15.6. The highest BCUT2D eigenvalue weighted by molar-refractivity contribution is 5.69. The molecule has 3 rings (SSSR count). The second-order valence-electron chi connectivity index (χ2n) is 7.47. The molecule has 0 aromatic carbocycles. The Labute approximate surface area is 155 Å². The first-order chi connectivity index (χ1) is 12.6. The maximum Gasteiger partial charge on any atom is 0.317 e. The molecule has 2 aliphatic rings. The number of carbonyl (C=O) groups is 1. The third kappa shape index (κ3) is 5.30. The molecule has 1 aliphatic heterocycles. The maximum atomic E-state index is 10.9. The number of likely N-dealkylation sites (N-methyl/N-ethyl adjacent to an activating group) is 1. The van der Waals surface area contributed by atoms with E-state index in [0.717, 1.165) is 51.0 Å². The number of hydrogen-bond acceptors (Lipinski definition) is 6. The summed E-state index contributed by atoms with van der Waals surface area (Å²) in [5.41, 5.74) is 0. The fraction of sp³-hybridized carbons (Fsp3) is 0.737. The summed E-state index contributed by atoms with van der Waals surface area (Å²) in [6.45, 7) is 1.87. The Morgan fingerprint density at radius 3 is 2.77 bits per heavy atom. The Morgan fingerprint density at radius 2 is 2.00 bits per heavy atom. The van der Waals surface area contributed by atoms with Gasteiger partial charge in [0, 0.05) is 19.1 Å². The molecule has 1 saturated heterocycles. The van der Waals surface area contributed by atoms with Crippen LogP contribution in [0.3, 0.4) is 0 Å². The minimum Gasteiger partial charge on any atom is -0.480 e. The molecule has 0 radical (unpaired) electrons. The molecule has 2 fully saturated rings. The van der Waals surface area contributed by atoms with Crippen LogP contribution >= 0.6 is 0 Å². The van der Waals surface area contributed by atoms with Gasteiger partial charge in [-0.25, -0.2) is 0 Å². The number of carboxylic acid groups (broad SMARTS) is 1. The molecule has 0 amide bonds. The number of nitrogens with zero attached hydrogens (tertiary/aromatic N) is 4. The summed E-state index contributed by atoms with van der Waals surface area (Å²) in [5.74, 6) is 0.713. The quantitative estimate of drug-likeness (QED) is 0.833. The molecule has 2 heterocycles. The first kappa shape index (κ1) is 18.9. The number of anilines is 1. The lowest BCUT2D eigenvalue weighted by Crippen LogP contribution is -2.36. The van der Waals surface area contributed by atoms with E-state index in [-0.39, 0.29) is 12.6 Å². The first-order valence-electron chi connectivity index (χ1n) is 9.77. The largest absolute Gasteiger partial charge is 0.480 e. The van der Waals surface area contributed by atoms with Crippen molar-refractivity contribution in [2.45, 2.75) is 63.5 Å². The second kappa shape index (κ2) is 9.16. The lowest BCUT2D eigenvalue weighted by Gasteiger charge is -2.26. The molecule has 1 aliphatic carbocycles. The highest BCUT2D eigenvalue weighted by atomic mass is 16.5. The molecule has 1 unspecified atom stereocenters. The number of ether oxygens (including phenoxy) is 1. The molecular weight excluding hydrogens is 332 g/mol. The van der Waals surface area contributed by atoms with Crippen molar-refractivity contribution in [2.24, 2.45) is 0 Å². The predicted molar refractivity (Wildman–Crippen MR) is 99.7 cm³/mol.